The van der Waals surface area contributed by atoms with Crippen LogP contribution in [0.3, 0.4) is 0 Å². The van der Waals surface area contributed by atoms with E-state index in [1.54, 1.807) is 45.0 Å². The van der Waals surface area contributed by atoms with E-state index < -0.39 is 23.7 Å². The molecule has 1 aromatic carbocycles. The van der Waals surface area contributed by atoms with Gasteiger partial charge in [0.1, 0.15) is 11.6 Å². The number of likely N-dealkylation sites (tertiary alicyclic amines) is 1. The van der Waals surface area contributed by atoms with Crippen molar-refractivity contribution in [3.8, 4) is 0 Å². The summed E-state index contributed by atoms with van der Waals surface area (Å²) < 4.78 is 5.40. The molecule has 1 aliphatic rings. The minimum absolute atomic E-state index is 0.0517. The van der Waals surface area contributed by atoms with Gasteiger partial charge in [0.15, 0.2) is 0 Å². The Labute approximate surface area is 159 Å². The Kier molecular flexibility index (Phi) is 6.38. The highest BCUT2D eigenvalue weighted by Crippen LogP contribution is 2.25. The van der Waals surface area contributed by atoms with Crippen molar-refractivity contribution < 1.29 is 24.2 Å². The molecule has 1 fully saturated rings. The van der Waals surface area contributed by atoms with Crippen LogP contribution in [-0.2, 0) is 20.9 Å². The summed E-state index contributed by atoms with van der Waals surface area (Å²) in [5.41, 5.74) is 0.290. The monoisotopic (exact) mass is 374 g/mol. The number of hydrogen-bond acceptors (Lipinski definition) is 5. The van der Waals surface area contributed by atoms with Gasteiger partial charge in [0.25, 0.3) is 5.91 Å². The van der Waals surface area contributed by atoms with E-state index in [2.05, 4.69) is 11.9 Å². The first kappa shape index (κ1) is 20.6. The standard InChI is InChI=1S/C20H26N2O5/c1-5-17(24)21-11-13-8-6-7-9-15(13)18(25)22-12-14(23)10-16(22)19(26)27-20(2,3)4/h5-9,14,16,23H,1,10-12H2,2-4H3,(H,21,24)/t14-,16-/m0/s1. The van der Waals surface area contributed by atoms with Crippen LogP contribution in [0.15, 0.2) is 36.9 Å². The molecule has 0 spiro atoms. The first-order valence-corrected chi connectivity index (χ1v) is 8.82. The van der Waals surface area contributed by atoms with Crippen molar-refractivity contribution in [1.29, 1.82) is 0 Å². The minimum atomic E-state index is -0.845. The number of amides is 2. The normalized spacial score (nSPS) is 19.5. The Balaban J connectivity index is 2.23. The summed E-state index contributed by atoms with van der Waals surface area (Å²) >= 11 is 0. The molecule has 2 atom stereocenters. The average molecular weight is 374 g/mol. The maximum absolute atomic E-state index is 13.1. The zero-order valence-electron chi connectivity index (χ0n) is 15.9. The van der Waals surface area contributed by atoms with Crippen LogP contribution in [0.2, 0.25) is 0 Å². The lowest BCUT2D eigenvalue weighted by atomic mass is 10.1. The van der Waals surface area contributed by atoms with Crippen molar-refractivity contribution in [2.24, 2.45) is 0 Å². The topological polar surface area (TPSA) is 95.9 Å². The van der Waals surface area contributed by atoms with Crippen molar-refractivity contribution in [3.05, 3.63) is 48.0 Å². The van der Waals surface area contributed by atoms with E-state index in [0.29, 0.717) is 11.1 Å². The van der Waals surface area contributed by atoms with E-state index in [9.17, 15) is 19.5 Å². The first-order valence-electron chi connectivity index (χ1n) is 8.82. The number of benzene rings is 1. The molecular formula is C20H26N2O5. The lowest BCUT2D eigenvalue weighted by Crippen LogP contribution is -2.44. The maximum Gasteiger partial charge on any atom is 0.329 e. The first-order chi connectivity index (χ1) is 12.6. The molecule has 1 aromatic rings. The molecule has 0 aliphatic carbocycles. The van der Waals surface area contributed by atoms with Gasteiger partial charge in [-0.2, -0.15) is 0 Å². The van der Waals surface area contributed by atoms with Crippen molar-refractivity contribution in [3.63, 3.8) is 0 Å². The zero-order chi connectivity index (χ0) is 20.2. The summed E-state index contributed by atoms with van der Waals surface area (Å²) in [6.07, 6.45) is 0.495. The molecule has 7 nitrogen and oxygen atoms in total. The third-order valence-corrected chi connectivity index (χ3v) is 4.10. The van der Waals surface area contributed by atoms with Gasteiger partial charge in [0, 0.05) is 25.1 Å². The number of carbonyl (C=O) groups is 3. The van der Waals surface area contributed by atoms with Crippen LogP contribution in [0.5, 0.6) is 0 Å². The van der Waals surface area contributed by atoms with Crippen molar-refractivity contribution >= 4 is 17.8 Å². The molecule has 0 aromatic heterocycles. The molecule has 1 heterocycles. The van der Waals surface area contributed by atoms with Crippen LogP contribution in [0.4, 0.5) is 0 Å². The molecule has 2 amide bonds. The fourth-order valence-corrected chi connectivity index (χ4v) is 2.92. The van der Waals surface area contributed by atoms with Crippen LogP contribution in [-0.4, -0.2) is 52.1 Å². The fraction of sp³-hybridized carbons (Fsp3) is 0.450. The van der Waals surface area contributed by atoms with Gasteiger partial charge in [-0.05, 0) is 38.5 Å². The van der Waals surface area contributed by atoms with Crippen LogP contribution in [0.25, 0.3) is 0 Å². The summed E-state index contributed by atoms with van der Waals surface area (Å²) in [5.74, 6) is -1.27. The highest BCUT2D eigenvalue weighted by atomic mass is 16.6. The number of β-amino-alcohol motifs (C(OH)–C–C–N with tert-alkyl or cyclic N) is 1. The molecule has 1 aliphatic heterocycles. The second-order valence-electron chi connectivity index (χ2n) is 7.48. The maximum atomic E-state index is 13.1. The Hall–Kier alpha value is -2.67. The van der Waals surface area contributed by atoms with E-state index in [1.807, 2.05) is 0 Å². The van der Waals surface area contributed by atoms with E-state index in [1.165, 1.54) is 4.90 Å². The van der Waals surface area contributed by atoms with Gasteiger partial charge in [-0.15, -0.1) is 0 Å². The average Bonchev–Trinajstić information content (AvgIpc) is 3.00. The molecule has 0 unspecified atom stereocenters. The number of rotatable bonds is 5. The van der Waals surface area contributed by atoms with E-state index in [0.717, 1.165) is 6.08 Å². The molecule has 0 bridgehead atoms. The van der Waals surface area contributed by atoms with Crippen molar-refractivity contribution in [2.75, 3.05) is 6.54 Å². The van der Waals surface area contributed by atoms with Gasteiger partial charge >= 0.3 is 5.97 Å². The SMILES string of the molecule is C=CC(=O)NCc1ccccc1C(=O)N1C[C@@H](O)C[C@H]1C(=O)OC(C)(C)C. The van der Waals surface area contributed by atoms with Crippen molar-refractivity contribution in [1.82, 2.24) is 10.2 Å². The number of esters is 1. The number of nitrogens with zero attached hydrogens (tertiary/aromatic N) is 1. The van der Waals surface area contributed by atoms with Gasteiger partial charge < -0.3 is 20.1 Å². The number of carbonyl (C=O) groups excluding carboxylic acids is 3. The van der Waals surface area contributed by atoms with Crippen LogP contribution in [0.1, 0.15) is 43.1 Å². The number of aliphatic hydroxyl groups excluding tert-OH is 1. The third kappa shape index (κ3) is 5.40. The van der Waals surface area contributed by atoms with Gasteiger partial charge in [-0.3, -0.25) is 9.59 Å². The van der Waals surface area contributed by atoms with Gasteiger partial charge in [-0.25, -0.2) is 4.79 Å². The van der Waals surface area contributed by atoms with E-state index in [4.69, 9.17) is 4.74 Å². The minimum Gasteiger partial charge on any atom is -0.458 e. The zero-order valence-corrected chi connectivity index (χ0v) is 15.9. The Morgan fingerprint density at radius 3 is 2.63 bits per heavy atom. The van der Waals surface area contributed by atoms with Crippen LogP contribution in [0, 0.1) is 0 Å². The highest BCUT2D eigenvalue weighted by molar-refractivity contribution is 5.98. The van der Waals surface area contributed by atoms with E-state index in [-0.39, 0.29) is 31.3 Å². The lowest BCUT2D eigenvalue weighted by molar-refractivity contribution is -0.159. The highest BCUT2D eigenvalue weighted by Gasteiger charge is 2.41. The smallest absolute Gasteiger partial charge is 0.329 e. The Bertz CT molecular complexity index is 738. The summed E-state index contributed by atoms with van der Waals surface area (Å²) in [4.78, 5) is 38.3. The van der Waals surface area contributed by atoms with Crippen LogP contribution < -0.4 is 5.32 Å². The fourth-order valence-electron chi connectivity index (χ4n) is 2.92. The molecule has 1 saturated heterocycles. The number of nitrogens with one attached hydrogen (secondary N) is 1. The quantitative estimate of drug-likeness (QED) is 0.600. The van der Waals surface area contributed by atoms with Crippen LogP contribution >= 0.6 is 0 Å². The summed E-state index contributed by atoms with van der Waals surface area (Å²) in [6, 6.07) is 5.99. The van der Waals surface area contributed by atoms with E-state index >= 15 is 0 Å². The number of ether oxygens (including phenoxy) is 1. The lowest BCUT2D eigenvalue weighted by Gasteiger charge is -2.27. The largest absolute Gasteiger partial charge is 0.458 e. The summed E-state index contributed by atoms with van der Waals surface area (Å²) in [6.45, 7) is 8.85. The van der Waals surface area contributed by atoms with Gasteiger partial charge in [0.05, 0.1) is 6.10 Å². The van der Waals surface area contributed by atoms with Gasteiger partial charge in [0.2, 0.25) is 5.91 Å². The Morgan fingerprint density at radius 1 is 1.33 bits per heavy atom. The molecule has 2 N–H and O–H groups in total. The predicted molar refractivity (Wildman–Crippen MR) is 99.8 cm³/mol. The number of hydrogen-bond donors (Lipinski definition) is 2. The van der Waals surface area contributed by atoms with Gasteiger partial charge in [-0.1, -0.05) is 24.8 Å². The third-order valence-electron chi connectivity index (χ3n) is 4.10. The molecule has 2 rings (SSSR count). The second kappa shape index (κ2) is 8.35. The molecule has 27 heavy (non-hydrogen) atoms. The molecule has 0 radical (unpaired) electrons. The number of aliphatic hydroxyl groups is 1. The summed E-state index contributed by atoms with van der Waals surface area (Å²) in [5, 5.41) is 12.7. The summed E-state index contributed by atoms with van der Waals surface area (Å²) in [7, 11) is 0. The Morgan fingerprint density at radius 2 is 2.00 bits per heavy atom. The predicted octanol–water partition coefficient (Wildman–Crippen LogP) is 1.41. The van der Waals surface area contributed by atoms with Crippen molar-refractivity contribution in [2.45, 2.75) is 51.5 Å². The molecular weight excluding hydrogens is 348 g/mol. The second-order valence-corrected chi connectivity index (χ2v) is 7.48. The molecule has 0 saturated carbocycles. The molecule has 7 heteroatoms. The molecule has 146 valence electrons.